The van der Waals surface area contributed by atoms with E-state index in [0.29, 0.717) is 18.3 Å². The van der Waals surface area contributed by atoms with Crippen LogP contribution in [0.15, 0.2) is 30.3 Å². The minimum Gasteiger partial charge on any atom is -0.389 e. The molecule has 1 aliphatic heterocycles. The Morgan fingerprint density at radius 3 is 2.50 bits per heavy atom. The first-order chi connectivity index (χ1) is 13.2. The number of benzene rings is 1. The first-order valence-electron chi connectivity index (χ1n) is 11.0. The highest BCUT2D eigenvalue weighted by Crippen LogP contribution is 2.42. The smallest absolute Gasteiger partial charge is 0.228 e. The van der Waals surface area contributed by atoms with Crippen LogP contribution in [0.1, 0.15) is 65.4 Å². The van der Waals surface area contributed by atoms with Gasteiger partial charge in [0.05, 0.1) is 11.5 Å². The fourth-order valence-electron chi connectivity index (χ4n) is 5.42. The van der Waals surface area contributed by atoms with Crippen molar-refractivity contribution in [2.45, 2.75) is 83.4 Å². The van der Waals surface area contributed by atoms with E-state index in [4.69, 9.17) is 0 Å². The molecule has 2 fully saturated rings. The van der Waals surface area contributed by atoms with E-state index in [1.165, 1.54) is 25.7 Å². The fourth-order valence-corrected chi connectivity index (χ4v) is 5.42. The fraction of sp³-hybridized carbons (Fsp3) is 0.708. The minimum absolute atomic E-state index is 0.0279. The molecule has 1 aliphatic carbocycles. The standard InChI is InChI=1S/C24H38N2O2/c1-23(2,3)26-22(27)20(24(4,28)16-17-10-6-5-7-11-17)21-19-13-9-8-12-18(19)14-15-25-21/h5-7,10-11,18-21,25,28H,8-9,12-16H2,1-4H3,(H,26,27). The molecule has 5 atom stereocenters. The van der Waals surface area contributed by atoms with E-state index in [9.17, 15) is 9.90 Å². The molecular weight excluding hydrogens is 348 g/mol. The van der Waals surface area contributed by atoms with Crippen molar-refractivity contribution < 1.29 is 9.90 Å². The largest absolute Gasteiger partial charge is 0.389 e. The zero-order chi connectivity index (χ0) is 20.4. The quantitative estimate of drug-likeness (QED) is 0.723. The summed E-state index contributed by atoms with van der Waals surface area (Å²) in [6.45, 7) is 8.80. The third-order valence-electron chi connectivity index (χ3n) is 6.54. The van der Waals surface area contributed by atoms with Crippen molar-refractivity contribution in [3.63, 3.8) is 0 Å². The van der Waals surface area contributed by atoms with Gasteiger partial charge in [-0.25, -0.2) is 0 Å². The van der Waals surface area contributed by atoms with E-state index in [1.54, 1.807) is 0 Å². The first-order valence-corrected chi connectivity index (χ1v) is 11.0. The van der Waals surface area contributed by atoms with Crippen LogP contribution in [0.3, 0.4) is 0 Å². The average Bonchev–Trinajstić information content (AvgIpc) is 2.61. The highest BCUT2D eigenvalue weighted by atomic mass is 16.3. The summed E-state index contributed by atoms with van der Waals surface area (Å²) < 4.78 is 0. The van der Waals surface area contributed by atoms with Crippen LogP contribution in [0, 0.1) is 17.8 Å². The Bertz CT molecular complexity index is 648. The van der Waals surface area contributed by atoms with E-state index in [1.807, 2.05) is 58.0 Å². The molecule has 1 saturated heterocycles. The number of carbonyl (C=O) groups excluding carboxylic acids is 1. The minimum atomic E-state index is -1.12. The van der Waals surface area contributed by atoms with E-state index in [-0.39, 0.29) is 17.5 Å². The lowest BCUT2D eigenvalue weighted by Crippen LogP contribution is -2.63. The average molecular weight is 387 g/mol. The molecule has 3 rings (SSSR count). The van der Waals surface area contributed by atoms with Crippen molar-refractivity contribution in [1.29, 1.82) is 0 Å². The number of rotatable bonds is 5. The molecule has 0 radical (unpaired) electrons. The highest BCUT2D eigenvalue weighted by Gasteiger charge is 2.49. The summed E-state index contributed by atoms with van der Waals surface area (Å²) in [5.74, 6) is 0.646. The predicted octanol–water partition coefficient (Wildman–Crippen LogP) is 3.68. The van der Waals surface area contributed by atoms with E-state index < -0.39 is 11.5 Å². The molecule has 156 valence electrons. The van der Waals surface area contributed by atoms with Gasteiger partial charge in [-0.2, -0.15) is 0 Å². The van der Waals surface area contributed by atoms with Crippen LogP contribution in [0.5, 0.6) is 0 Å². The molecule has 5 unspecified atom stereocenters. The van der Waals surface area contributed by atoms with Gasteiger partial charge in [-0.05, 0) is 64.5 Å². The Labute approximate surface area is 170 Å². The van der Waals surface area contributed by atoms with Crippen LogP contribution in [0.4, 0.5) is 0 Å². The molecule has 1 amide bonds. The maximum atomic E-state index is 13.5. The van der Waals surface area contributed by atoms with E-state index >= 15 is 0 Å². The number of nitrogens with one attached hydrogen (secondary N) is 2. The molecule has 1 aromatic carbocycles. The zero-order valence-corrected chi connectivity index (χ0v) is 18.0. The van der Waals surface area contributed by atoms with E-state index in [0.717, 1.165) is 18.5 Å². The predicted molar refractivity (Wildman–Crippen MR) is 114 cm³/mol. The summed E-state index contributed by atoms with van der Waals surface area (Å²) in [6.07, 6.45) is 6.61. The van der Waals surface area contributed by atoms with Crippen LogP contribution in [0.2, 0.25) is 0 Å². The number of carbonyl (C=O) groups is 1. The van der Waals surface area contributed by atoms with Crippen molar-refractivity contribution in [1.82, 2.24) is 10.6 Å². The Hall–Kier alpha value is -1.39. The second kappa shape index (κ2) is 8.54. The zero-order valence-electron chi connectivity index (χ0n) is 18.0. The van der Waals surface area contributed by atoms with Gasteiger partial charge in [0.2, 0.25) is 5.91 Å². The van der Waals surface area contributed by atoms with Crippen molar-refractivity contribution in [2.75, 3.05) is 6.54 Å². The number of hydrogen-bond donors (Lipinski definition) is 3. The molecule has 0 aromatic heterocycles. The second-order valence-corrected chi connectivity index (χ2v) is 10.2. The molecule has 1 aromatic rings. The summed E-state index contributed by atoms with van der Waals surface area (Å²) >= 11 is 0. The summed E-state index contributed by atoms with van der Waals surface area (Å²) in [7, 11) is 0. The van der Waals surface area contributed by atoms with Crippen LogP contribution >= 0.6 is 0 Å². The molecule has 0 bridgehead atoms. The van der Waals surface area contributed by atoms with Crippen LogP contribution < -0.4 is 10.6 Å². The van der Waals surface area contributed by atoms with Gasteiger partial charge >= 0.3 is 0 Å². The van der Waals surface area contributed by atoms with Crippen molar-refractivity contribution in [3.8, 4) is 0 Å². The summed E-state index contributed by atoms with van der Waals surface area (Å²) in [6, 6.07) is 10.1. The summed E-state index contributed by atoms with van der Waals surface area (Å²) in [5, 5.41) is 18.5. The van der Waals surface area contributed by atoms with Crippen LogP contribution in [-0.2, 0) is 11.2 Å². The van der Waals surface area contributed by atoms with Crippen molar-refractivity contribution >= 4 is 5.91 Å². The normalized spacial score (nSPS) is 28.7. The number of amides is 1. The summed E-state index contributed by atoms with van der Waals surface area (Å²) in [4.78, 5) is 13.5. The van der Waals surface area contributed by atoms with Gasteiger partial charge in [0.15, 0.2) is 0 Å². The number of fused-ring (bicyclic) bond motifs is 1. The lowest BCUT2D eigenvalue weighted by molar-refractivity contribution is -0.140. The third kappa shape index (κ3) is 5.15. The van der Waals surface area contributed by atoms with Gasteiger partial charge in [0, 0.05) is 18.0 Å². The summed E-state index contributed by atoms with van der Waals surface area (Å²) in [5.41, 5.74) is -0.371. The Balaban J connectivity index is 1.90. The van der Waals surface area contributed by atoms with E-state index in [2.05, 4.69) is 10.6 Å². The van der Waals surface area contributed by atoms with Gasteiger partial charge in [0.1, 0.15) is 0 Å². The van der Waals surface area contributed by atoms with Gasteiger partial charge in [-0.3, -0.25) is 4.79 Å². The van der Waals surface area contributed by atoms with Crippen molar-refractivity contribution in [3.05, 3.63) is 35.9 Å². The topological polar surface area (TPSA) is 61.4 Å². The maximum Gasteiger partial charge on any atom is 0.228 e. The Morgan fingerprint density at radius 1 is 1.14 bits per heavy atom. The first kappa shape index (κ1) is 21.3. The lowest BCUT2D eigenvalue weighted by atomic mass is 9.64. The molecule has 2 aliphatic rings. The van der Waals surface area contributed by atoms with Crippen molar-refractivity contribution in [2.24, 2.45) is 17.8 Å². The van der Waals surface area contributed by atoms with Gasteiger partial charge < -0.3 is 15.7 Å². The molecule has 4 heteroatoms. The molecule has 1 saturated carbocycles. The van der Waals surface area contributed by atoms with Crippen LogP contribution in [-0.4, -0.2) is 34.7 Å². The molecule has 28 heavy (non-hydrogen) atoms. The molecule has 0 spiro atoms. The molecular formula is C24H38N2O2. The Morgan fingerprint density at radius 2 is 1.82 bits per heavy atom. The van der Waals surface area contributed by atoms with Gasteiger partial charge in [0.25, 0.3) is 0 Å². The lowest BCUT2D eigenvalue weighted by Gasteiger charge is -2.48. The van der Waals surface area contributed by atoms with Gasteiger partial charge in [-0.1, -0.05) is 49.6 Å². The number of piperidine rings is 1. The SMILES string of the molecule is CC(C)(C)NC(=O)C(C1NCCC2CCCCC21)C(C)(O)Cc1ccccc1. The number of hydrogen-bond acceptors (Lipinski definition) is 3. The maximum absolute atomic E-state index is 13.5. The Kier molecular flexibility index (Phi) is 6.51. The molecule has 3 N–H and O–H groups in total. The third-order valence-corrected chi connectivity index (χ3v) is 6.54. The van der Waals surface area contributed by atoms with Gasteiger partial charge in [-0.15, -0.1) is 0 Å². The molecule has 4 nitrogen and oxygen atoms in total. The van der Waals surface area contributed by atoms with Crippen LogP contribution in [0.25, 0.3) is 0 Å². The monoisotopic (exact) mass is 386 g/mol. The molecule has 1 heterocycles. The highest BCUT2D eigenvalue weighted by molar-refractivity contribution is 5.81. The number of aliphatic hydroxyl groups is 1. The second-order valence-electron chi connectivity index (χ2n) is 10.2.